The molecule has 0 amide bonds. The monoisotopic (exact) mass is 381 g/mol. The highest BCUT2D eigenvalue weighted by molar-refractivity contribution is 7.99. The summed E-state index contributed by atoms with van der Waals surface area (Å²) >= 11 is 2.12. The van der Waals surface area contributed by atoms with Crippen LogP contribution in [0, 0.1) is 0 Å². The van der Waals surface area contributed by atoms with E-state index in [1.54, 1.807) is 0 Å². The third-order valence-corrected chi connectivity index (χ3v) is 6.60. The summed E-state index contributed by atoms with van der Waals surface area (Å²) < 4.78 is 4.44. The maximum atomic E-state index is 2.32. The lowest BCUT2D eigenvalue weighted by molar-refractivity contribution is -0.671. The van der Waals surface area contributed by atoms with Crippen molar-refractivity contribution in [1.29, 1.82) is 0 Å². The van der Waals surface area contributed by atoms with E-state index in [1.807, 2.05) is 0 Å². The van der Waals surface area contributed by atoms with Crippen molar-refractivity contribution in [2.75, 3.05) is 11.5 Å². The molecule has 26 heavy (non-hydrogen) atoms. The highest BCUT2D eigenvalue weighted by Gasteiger charge is 2.09. The summed E-state index contributed by atoms with van der Waals surface area (Å²) in [5.41, 5.74) is 0. The maximum absolute atomic E-state index is 2.32. The third-order valence-electron chi connectivity index (χ3n) is 5.30. The highest BCUT2D eigenvalue weighted by atomic mass is 32.2. The average Bonchev–Trinajstić information content (AvgIpc) is 3.07. The predicted molar refractivity (Wildman–Crippen MR) is 118 cm³/mol. The zero-order valence-corrected chi connectivity index (χ0v) is 18.7. The first-order chi connectivity index (χ1) is 12.7. The van der Waals surface area contributed by atoms with Gasteiger partial charge >= 0.3 is 0 Å². The van der Waals surface area contributed by atoms with Gasteiger partial charge in [-0.15, -0.1) is 0 Å². The van der Waals surface area contributed by atoms with E-state index >= 15 is 0 Å². The molecular weight excluding hydrogens is 336 g/mol. The fourth-order valence-electron chi connectivity index (χ4n) is 3.47. The lowest BCUT2D eigenvalue weighted by Crippen LogP contribution is -2.24. The van der Waals surface area contributed by atoms with Gasteiger partial charge < -0.3 is 0 Å². The first kappa shape index (κ1) is 23.6. The number of thioether (sulfide) groups is 1. The summed E-state index contributed by atoms with van der Waals surface area (Å²) in [6, 6.07) is 0.604. The van der Waals surface area contributed by atoms with E-state index in [4.69, 9.17) is 0 Å². The first-order valence-corrected chi connectivity index (χ1v) is 12.5. The van der Waals surface area contributed by atoms with Crippen molar-refractivity contribution in [2.45, 2.75) is 110 Å². The molecule has 0 spiro atoms. The smallest absolute Gasteiger partial charge is 0.240 e. The number of aromatic nitrogens is 2. The predicted octanol–water partition coefficient (Wildman–Crippen LogP) is 7.09. The Morgan fingerprint density at radius 3 is 1.77 bits per heavy atom. The second-order valence-corrected chi connectivity index (χ2v) is 9.20. The summed E-state index contributed by atoms with van der Waals surface area (Å²) in [6.45, 7) is 4.61. The van der Waals surface area contributed by atoms with Crippen LogP contribution in [0.2, 0.25) is 0 Å². The summed E-state index contributed by atoms with van der Waals surface area (Å²) in [7, 11) is 2.09. The van der Waals surface area contributed by atoms with Gasteiger partial charge in [0.2, 0.25) is 6.33 Å². The highest BCUT2D eigenvalue weighted by Crippen LogP contribution is 2.16. The minimum atomic E-state index is 0.604. The molecular formula is C23H45N2S+. The zero-order chi connectivity index (χ0) is 18.9. The van der Waals surface area contributed by atoms with Crippen molar-refractivity contribution in [3.63, 3.8) is 0 Å². The van der Waals surface area contributed by atoms with Crippen LogP contribution in [0.4, 0.5) is 0 Å². The van der Waals surface area contributed by atoms with Gasteiger partial charge in [-0.2, -0.15) is 11.8 Å². The molecule has 1 aromatic heterocycles. The Morgan fingerprint density at radius 2 is 1.31 bits per heavy atom. The lowest BCUT2D eigenvalue weighted by Gasteiger charge is -2.07. The summed E-state index contributed by atoms with van der Waals surface area (Å²) in [4.78, 5) is 0. The Morgan fingerprint density at radius 1 is 0.808 bits per heavy atom. The zero-order valence-electron chi connectivity index (χ0n) is 17.9. The SMILES string of the molecule is CCCCCCCCCCCCCCCCSCC(C)n1cc[n+](C)c1. The van der Waals surface area contributed by atoms with Gasteiger partial charge in [0.05, 0.1) is 7.05 Å². The topological polar surface area (TPSA) is 8.81 Å². The fraction of sp³-hybridized carbons (Fsp3) is 0.870. The number of hydrogen-bond donors (Lipinski definition) is 0. The molecule has 0 N–H and O–H groups in total. The minimum Gasteiger partial charge on any atom is -0.240 e. The van der Waals surface area contributed by atoms with Crippen LogP contribution >= 0.6 is 11.8 Å². The number of aryl methyl sites for hydroxylation is 1. The summed E-state index contributed by atoms with van der Waals surface area (Å²) in [6.07, 6.45) is 26.7. The van der Waals surface area contributed by atoms with Crippen LogP contribution in [0.1, 0.15) is 110 Å². The third kappa shape index (κ3) is 12.8. The molecule has 0 saturated heterocycles. The van der Waals surface area contributed by atoms with E-state index in [0.29, 0.717) is 6.04 Å². The Kier molecular flexibility index (Phi) is 15.2. The molecule has 0 fully saturated rings. The normalized spacial score (nSPS) is 12.6. The van der Waals surface area contributed by atoms with Crippen molar-refractivity contribution in [1.82, 2.24) is 4.57 Å². The Bertz CT molecular complexity index is 416. The van der Waals surface area contributed by atoms with Gasteiger partial charge in [0, 0.05) is 5.75 Å². The van der Waals surface area contributed by atoms with E-state index < -0.39 is 0 Å². The second-order valence-electron chi connectivity index (χ2n) is 8.05. The molecule has 1 heterocycles. The molecule has 0 aromatic carbocycles. The van der Waals surface area contributed by atoms with Gasteiger partial charge in [-0.05, 0) is 19.1 Å². The lowest BCUT2D eigenvalue weighted by atomic mass is 10.0. The van der Waals surface area contributed by atoms with Crippen molar-refractivity contribution in [3.8, 4) is 0 Å². The van der Waals surface area contributed by atoms with E-state index in [0.717, 1.165) is 0 Å². The molecule has 1 unspecified atom stereocenters. The van der Waals surface area contributed by atoms with Crippen molar-refractivity contribution >= 4 is 11.8 Å². The first-order valence-electron chi connectivity index (χ1n) is 11.3. The molecule has 0 radical (unpaired) electrons. The van der Waals surface area contributed by atoms with E-state index in [9.17, 15) is 0 Å². The molecule has 2 nitrogen and oxygen atoms in total. The Balaban J connectivity index is 1.76. The van der Waals surface area contributed by atoms with E-state index in [-0.39, 0.29) is 0 Å². The fourth-order valence-corrected chi connectivity index (χ4v) is 4.56. The van der Waals surface area contributed by atoms with Crippen LogP contribution < -0.4 is 4.57 Å². The largest absolute Gasteiger partial charge is 0.243 e. The standard InChI is InChI=1S/C23H45N2S/c1-4-5-6-7-8-9-10-11-12-13-14-15-16-17-20-26-21-23(2)25-19-18-24(3)22-25/h18-19,22-23H,4-17,20-21H2,1-3H3/q+1. The van der Waals surface area contributed by atoms with E-state index in [1.165, 1.54) is 101 Å². The molecule has 0 aliphatic carbocycles. The number of imidazole rings is 1. The molecule has 0 saturated carbocycles. The van der Waals surface area contributed by atoms with Gasteiger partial charge in [-0.25, -0.2) is 9.13 Å². The van der Waals surface area contributed by atoms with Gasteiger partial charge in [0.1, 0.15) is 18.4 Å². The molecule has 1 atom stereocenters. The van der Waals surface area contributed by atoms with Gasteiger partial charge in [0.15, 0.2) is 0 Å². The van der Waals surface area contributed by atoms with Crippen molar-refractivity contribution < 1.29 is 4.57 Å². The molecule has 1 aromatic rings. The van der Waals surface area contributed by atoms with Crippen LogP contribution in [0.5, 0.6) is 0 Å². The quantitative estimate of drug-likeness (QED) is 0.195. The van der Waals surface area contributed by atoms with Crippen molar-refractivity contribution in [2.24, 2.45) is 7.05 Å². The van der Waals surface area contributed by atoms with Crippen LogP contribution in [-0.2, 0) is 7.05 Å². The van der Waals surface area contributed by atoms with E-state index in [2.05, 4.69) is 60.5 Å². The van der Waals surface area contributed by atoms with Crippen molar-refractivity contribution in [3.05, 3.63) is 18.7 Å². The average molecular weight is 382 g/mol. The number of rotatable bonds is 18. The molecule has 3 heteroatoms. The minimum absolute atomic E-state index is 0.604. The molecule has 0 aliphatic heterocycles. The molecule has 152 valence electrons. The van der Waals surface area contributed by atoms with Gasteiger partial charge in [0.25, 0.3) is 0 Å². The maximum Gasteiger partial charge on any atom is 0.243 e. The number of unbranched alkanes of at least 4 members (excludes halogenated alkanes) is 13. The Labute approximate surface area is 168 Å². The van der Waals surface area contributed by atoms with Gasteiger partial charge in [-0.3, -0.25) is 0 Å². The summed E-state index contributed by atoms with van der Waals surface area (Å²) in [5.74, 6) is 2.56. The van der Waals surface area contributed by atoms with Crippen LogP contribution in [-0.4, -0.2) is 16.1 Å². The number of nitrogens with zero attached hydrogens (tertiary/aromatic N) is 2. The second kappa shape index (κ2) is 16.7. The number of hydrogen-bond acceptors (Lipinski definition) is 1. The van der Waals surface area contributed by atoms with Crippen LogP contribution in [0.3, 0.4) is 0 Å². The molecule has 1 rings (SSSR count). The van der Waals surface area contributed by atoms with Gasteiger partial charge in [-0.1, -0.05) is 90.4 Å². The Hall–Kier alpha value is -0.440. The molecule has 0 bridgehead atoms. The van der Waals surface area contributed by atoms with Crippen LogP contribution in [0.25, 0.3) is 0 Å². The van der Waals surface area contributed by atoms with Crippen LogP contribution in [0.15, 0.2) is 18.7 Å². The molecule has 0 aliphatic rings. The summed E-state index contributed by atoms with van der Waals surface area (Å²) in [5, 5.41) is 0.